The predicted octanol–water partition coefficient (Wildman–Crippen LogP) is 3.70. The van der Waals surface area contributed by atoms with Gasteiger partial charge in [-0.25, -0.2) is 9.97 Å². The van der Waals surface area contributed by atoms with Gasteiger partial charge in [0, 0.05) is 11.8 Å². The van der Waals surface area contributed by atoms with Crippen LogP contribution in [0.2, 0.25) is 5.28 Å². The Labute approximate surface area is 105 Å². The Morgan fingerprint density at radius 1 is 1.06 bits per heavy atom. The molecule has 0 aliphatic heterocycles. The lowest BCUT2D eigenvalue weighted by Crippen LogP contribution is -2.16. The van der Waals surface area contributed by atoms with E-state index in [0.717, 1.165) is 0 Å². The molecule has 0 saturated heterocycles. The van der Waals surface area contributed by atoms with Crippen molar-refractivity contribution in [1.82, 2.24) is 9.97 Å². The Balaban J connectivity index is 2.22. The molecule has 1 heterocycles. The van der Waals surface area contributed by atoms with Gasteiger partial charge in [0.15, 0.2) is 0 Å². The third kappa shape index (κ3) is 3.33. The molecule has 0 fully saturated rings. The van der Waals surface area contributed by atoms with Crippen molar-refractivity contribution < 1.29 is 17.9 Å². The van der Waals surface area contributed by atoms with Crippen molar-refractivity contribution in [2.24, 2.45) is 0 Å². The van der Waals surface area contributed by atoms with Crippen LogP contribution in [0.15, 0.2) is 36.5 Å². The fourth-order valence-corrected chi connectivity index (χ4v) is 1.47. The Kier molecular flexibility index (Phi) is 3.38. The van der Waals surface area contributed by atoms with Crippen LogP contribution in [-0.2, 0) is 0 Å². The summed E-state index contributed by atoms with van der Waals surface area (Å²) in [6.45, 7) is 0. The normalized spacial score (nSPS) is 11.3. The monoisotopic (exact) mass is 274 g/mol. The van der Waals surface area contributed by atoms with E-state index in [1.54, 1.807) is 6.07 Å². The number of hydrogen-bond donors (Lipinski definition) is 0. The van der Waals surface area contributed by atoms with Gasteiger partial charge in [-0.05, 0) is 41.9 Å². The molecule has 0 N–H and O–H groups in total. The van der Waals surface area contributed by atoms with Crippen LogP contribution in [0.5, 0.6) is 5.75 Å². The first-order valence-corrected chi connectivity index (χ1v) is 5.16. The van der Waals surface area contributed by atoms with Crippen molar-refractivity contribution in [3.8, 4) is 17.0 Å². The van der Waals surface area contributed by atoms with E-state index in [4.69, 9.17) is 11.6 Å². The van der Waals surface area contributed by atoms with E-state index < -0.39 is 6.36 Å². The average molecular weight is 275 g/mol. The molecule has 0 aliphatic rings. The number of alkyl halides is 3. The minimum absolute atomic E-state index is 0.0723. The van der Waals surface area contributed by atoms with Crippen molar-refractivity contribution in [2.75, 3.05) is 0 Å². The van der Waals surface area contributed by atoms with E-state index in [9.17, 15) is 13.2 Å². The summed E-state index contributed by atoms with van der Waals surface area (Å²) < 4.78 is 39.6. The first-order chi connectivity index (χ1) is 8.44. The van der Waals surface area contributed by atoms with Gasteiger partial charge >= 0.3 is 6.36 Å². The SMILES string of the molecule is FC(F)(F)Oc1ccc(-c2ccnc(Cl)n2)cc1. The summed E-state index contributed by atoms with van der Waals surface area (Å²) in [5, 5.41) is 0.0723. The van der Waals surface area contributed by atoms with E-state index in [-0.39, 0.29) is 11.0 Å². The number of halogens is 4. The number of hydrogen-bond acceptors (Lipinski definition) is 3. The number of aromatic nitrogens is 2. The molecule has 0 bridgehead atoms. The lowest BCUT2D eigenvalue weighted by Gasteiger charge is -2.09. The molecule has 0 spiro atoms. The highest BCUT2D eigenvalue weighted by Crippen LogP contribution is 2.25. The molecular formula is C11H6ClF3N2O. The van der Waals surface area contributed by atoms with Gasteiger partial charge in [0.05, 0.1) is 5.69 Å². The van der Waals surface area contributed by atoms with Crippen LogP contribution in [-0.4, -0.2) is 16.3 Å². The largest absolute Gasteiger partial charge is 0.573 e. The first-order valence-electron chi connectivity index (χ1n) is 4.79. The van der Waals surface area contributed by atoms with E-state index in [1.165, 1.54) is 30.5 Å². The van der Waals surface area contributed by atoms with Crippen LogP contribution in [0.4, 0.5) is 13.2 Å². The van der Waals surface area contributed by atoms with Gasteiger partial charge in [-0.15, -0.1) is 13.2 Å². The van der Waals surface area contributed by atoms with Crippen LogP contribution in [0.3, 0.4) is 0 Å². The Morgan fingerprint density at radius 2 is 1.72 bits per heavy atom. The maximum Gasteiger partial charge on any atom is 0.573 e. The highest BCUT2D eigenvalue weighted by Gasteiger charge is 2.30. The quantitative estimate of drug-likeness (QED) is 0.783. The highest BCUT2D eigenvalue weighted by atomic mass is 35.5. The number of rotatable bonds is 2. The van der Waals surface area contributed by atoms with Crippen molar-refractivity contribution in [3.05, 3.63) is 41.8 Å². The second kappa shape index (κ2) is 4.81. The van der Waals surface area contributed by atoms with Gasteiger partial charge in [-0.3, -0.25) is 0 Å². The second-order valence-corrected chi connectivity index (χ2v) is 3.62. The van der Waals surface area contributed by atoms with Gasteiger partial charge in [-0.2, -0.15) is 0 Å². The molecule has 3 nitrogen and oxygen atoms in total. The van der Waals surface area contributed by atoms with Crippen LogP contribution in [0.25, 0.3) is 11.3 Å². The zero-order valence-electron chi connectivity index (χ0n) is 8.78. The van der Waals surface area contributed by atoms with Crippen molar-refractivity contribution >= 4 is 11.6 Å². The second-order valence-electron chi connectivity index (χ2n) is 3.28. The molecule has 1 aromatic heterocycles. The zero-order valence-corrected chi connectivity index (χ0v) is 9.53. The van der Waals surface area contributed by atoms with E-state index in [1.807, 2.05) is 0 Å². The summed E-state index contributed by atoms with van der Waals surface area (Å²) in [4.78, 5) is 7.65. The average Bonchev–Trinajstić information content (AvgIpc) is 2.28. The maximum atomic E-state index is 12.0. The lowest BCUT2D eigenvalue weighted by molar-refractivity contribution is -0.274. The summed E-state index contributed by atoms with van der Waals surface area (Å²) in [5.41, 5.74) is 1.14. The molecule has 2 rings (SSSR count). The summed E-state index contributed by atoms with van der Waals surface area (Å²) in [5.74, 6) is -0.286. The minimum atomic E-state index is -4.69. The Morgan fingerprint density at radius 3 is 2.28 bits per heavy atom. The fraction of sp³-hybridized carbons (Fsp3) is 0.0909. The van der Waals surface area contributed by atoms with Crippen LogP contribution >= 0.6 is 11.6 Å². The number of ether oxygens (including phenoxy) is 1. The van der Waals surface area contributed by atoms with Gasteiger partial charge in [0.25, 0.3) is 0 Å². The maximum absolute atomic E-state index is 12.0. The molecule has 0 aliphatic carbocycles. The fourth-order valence-electron chi connectivity index (χ4n) is 1.32. The molecule has 0 amide bonds. The Bertz CT molecular complexity index is 543. The molecule has 18 heavy (non-hydrogen) atoms. The standard InChI is InChI=1S/C11H6ClF3N2O/c12-10-16-6-5-9(17-10)7-1-3-8(4-2-7)18-11(13,14)15/h1-6H. The van der Waals surface area contributed by atoms with Crippen LogP contribution < -0.4 is 4.74 Å². The van der Waals surface area contributed by atoms with Crippen molar-refractivity contribution in [1.29, 1.82) is 0 Å². The Hall–Kier alpha value is -1.82. The van der Waals surface area contributed by atoms with Gasteiger partial charge < -0.3 is 4.74 Å². The third-order valence-corrected chi connectivity index (χ3v) is 2.19. The van der Waals surface area contributed by atoms with Crippen LogP contribution in [0, 0.1) is 0 Å². The molecule has 1 aromatic carbocycles. The minimum Gasteiger partial charge on any atom is -0.406 e. The third-order valence-electron chi connectivity index (χ3n) is 2.01. The van der Waals surface area contributed by atoms with E-state index >= 15 is 0 Å². The molecule has 94 valence electrons. The summed E-state index contributed by atoms with van der Waals surface area (Å²) in [7, 11) is 0. The number of nitrogens with zero attached hydrogens (tertiary/aromatic N) is 2. The van der Waals surface area contributed by atoms with Crippen molar-refractivity contribution in [3.63, 3.8) is 0 Å². The summed E-state index contributed by atoms with van der Waals surface area (Å²) >= 11 is 5.62. The molecule has 0 saturated carbocycles. The smallest absolute Gasteiger partial charge is 0.406 e. The van der Waals surface area contributed by atoms with Gasteiger partial charge in [-0.1, -0.05) is 0 Å². The molecule has 0 radical (unpaired) electrons. The van der Waals surface area contributed by atoms with E-state index in [2.05, 4.69) is 14.7 Å². The van der Waals surface area contributed by atoms with Crippen LogP contribution in [0.1, 0.15) is 0 Å². The molecular weight excluding hydrogens is 269 g/mol. The first kappa shape index (κ1) is 12.6. The summed E-state index contributed by atoms with van der Waals surface area (Å²) in [6.07, 6.45) is -3.23. The lowest BCUT2D eigenvalue weighted by atomic mass is 10.1. The van der Waals surface area contributed by atoms with Crippen molar-refractivity contribution in [2.45, 2.75) is 6.36 Å². The van der Waals surface area contributed by atoms with Gasteiger partial charge in [0.2, 0.25) is 5.28 Å². The zero-order chi connectivity index (χ0) is 13.2. The predicted molar refractivity (Wildman–Crippen MR) is 59.2 cm³/mol. The topological polar surface area (TPSA) is 35.0 Å². The molecule has 2 aromatic rings. The molecule has 0 atom stereocenters. The highest BCUT2D eigenvalue weighted by molar-refractivity contribution is 6.28. The van der Waals surface area contributed by atoms with E-state index in [0.29, 0.717) is 11.3 Å². The molecule has 0 unspecified atom stereocenters. The summed E-state index contributed by atoms with van der Waals surface area (Å²) in [6, 6.07) is 6.93. The number of benzene rings is 1. The van der Waals surface area contributed by atoms with Gasteiger partial charge in [0.1, 0.15) is 5.75 Å². The molecule has 7 heteroatoms.